The smallest absolute Gasteiger partial charge is 0.244 e. The number of likely N-dealkylation sites (tertiary alicyclic amines) is 1. The number of hydrogen-bond donors (Lipinski definition) is 1. The van der Waals surface area contributed by atoms with E-state index in [1.165, 1.54) is 10.6 Å². The predicted octanol–water partition coefficient (Wildman–Crippen LogP) is -0.215. The molecule has 2 fully saturated rings. The van der Waals surface area contributed by atoms with Gasteiger partial charge in [0.15, 0.2) is 0 Å². The molecule has 0 spiro atoms. The molecule has 0 aromatic carbocycles. The van der Waals surface area contributed by atoms with Crippen LogP contribution in [-0.2, 0) is 19.6 Å². The van der Waals surface area contributed by atoms with E-state index in [0.717, 1.165) is 25.9 Å². The van der Waals surface area contributed by atoms with Crippen LogP contribution in [0.3, 0.4) is 0 Å². The maximum atomic E-state index is 12.2. The minimum atomic E-state index is -3.18. The number of amides is 2. The summed E-state index contributed by atoms with van der Waals surface area (Å²) in [4.78, 5) is 26.2. The molecule has 7 nitrogen and oxygen atoms in total. The molecular weight excluding hydrogens is 306 g/mol. The van der Waals surface area contributed by atoms with E-state index < -0.39 is 16.1 Å². The van der Waals surface area contributed by atoms with Crippen LogP contribution < -0.4 is 5.32 Å². The number of hydrogen-bond acceptors (Lipinski definition) is 4. The third-order valence-corrected chi connectivity index (χ3v) is 5.74. The highest BCUT2D eigenvalue weighted by Gasteiger charge is 2.31. The van der Waals surface area contributed by atoms with Crippen LogP contribution >= 0.6 is 0 Å². The maximum Gasteiger partial charge on any atom is 0.244 e. The molecule has 1 N–H and O–H groups in total. The summed E-state index contributed by atoms with van der Waals surface area (Å²) in [6, 6.07) is -0.515. The molecule has 2 heterocycles. The monoisotopic (exact) mass is 331 g/mol. The second-order valence-corrected chi connectivity index (χ2v) is 8.18. The van der Waals surface area contributed by atoms with E-state index >= 15 is 0 Å². The first-order chi connectivity index (χ1) is 10.3. The zero-order valence-electron chi connectivity index (χ0n) is 13.2. The number of piperidine rings is 1. The molecule has 0 bridgehead atoms. The van der Waals surface area contributed by atoms with Crippen molar-refractivity contribution in [3.8, 4) is 0 Å². The van der Waals surface area contributed by atoms with Gasteiger partial charge in [-0.15, -0.1) is 0 Å². The van der Waals surface area contributed by atoms with E-state index in [1.54, 1.807) is 11.8 Å². The summed E-state index contributed by atoms with van der Waals surface area (Å²) in [7, 11) is -3.18. The van der Waals surface area contributed by atoms with Crippen LogP contribution in [0.2, 0.25) is 0 Å². The van der Waals surface area contributed by atoms with E-state index in [-0.39, 0.29) is 17.7 Å². The Hall–Kier alpha value is -1.15. The van der Waals surface area contributed by atoms with Gasteiger partial charge < -0.3 is 10.2 Å². The highest BCUT2D eigenvalue weighted by Crippen LogP contribution is 2.19. The summed E-state index contributed by atoms with van der Waals surface area (Å²) in [6.07, 6.45) is 4.24. The molecule has 2 saturated heterocycles. The van der Waals surface area contributed by atoms with Crippen molar-refractivity contribution in [2.24, 2.45) is 5.92 Å². The lowest BCUT2D eigenvalue weighted by molar-refractivity contribution is -0.136. The van der Waals surface area contributed by atoms with Gasteiger partial charge in [-0.2, -0.15) is 0 Å². The Kier molecular flexibility index (Phi) is 5.44. The Morgan fingerprint density at radius 3 is 2.14 bits per heavy atom. The average molecular weight is 331 g/mol. The second kappa shape index (κ2) is 6.95. The molecule has 8 heteroatoms. The molecule has 1 atom stereocenters. The van der Waals surface area contributed by atoms with Gasteiger partial charge in [-0.05, 0) is 32.6 Å². The molecule has 0 radical (unpaired) electrons. The summed E-state index contributed by atoms with van der Waals surface area (Å²) in [5, 5.41) is 2.78. The molecule has 0 aromatic heterocycles. The zero-order valence-corrected chi connectivity index (χ0v) is 14.1. The van der Waals surface area contributed by atoms with Crippen molar-refractivity contribution in [3.63, 3.8) is 0 Å². The van der Waals surface area contributed by atoms with Crippen LogP contribution in [-0.4, -0.2) is 67.9 Å². The number of nitrogens with one attached hydrogen (secondary N) is 1. The Labute approximate surface area is 132 Å². The van der Waals surface area contributed by atoms with Gasteiger partial charge in [0.2, 0.25) is 21.8 Å². The first-order valence-corrected chi connectivity index (χ1v) is 9.68. The van der Waals surface area contributed by atoms with Crippen LogP contribution in [0.15, 0.2) is 0 Å². The topological polar surface area (TPSA) is 86.8 Å². The number of carbonyl (C=O) groups is 2. The number of nitrogens with zero attached hydrogens (tertiary/aromatic N) is 2. The van der Waals surface area contributed by atoms with Crippen LogP contribution in [0.1, 0.15) is 32.6 Å². The summed E-state index contributed by atoms with van der Waals surface area (Å²) < 4.78 is 24.3. The molecule has 2 aliphatic rings. The molecular formula is C14H25N3O4S. The Balaban J connectivity index is 1.81. The highest BCUT2D eigenvalue weighted by molar-refractivity contribution is 7.88. The van der Waals surface area contributed by atoms with Gasteiger partial charge in [0.05, 0.1) is 6.26 Å². The maximum absolute atomic E-state index is 12.2. The first kappa shape index (κ1) is 17.2. The van der Waals surface area contributed by atoms with Crippen molar-refractivity contribution in [2.45, 2.75) is 38.6 Å². The molecule has 0 aliphatic carbocycles. The standard InChI is InChI=1S/C14H25N3O4S/c1-11(14(19)16-7-3-4-8-16)15-13(18)12-5-9-17(10-6-12)22(2,20)21/h11-12H,3-10H2,1-2H3,(H,15,18)/t11-/m0/s1. The fourth-order valence-electron chi connectivity index (χ4n) is 3.05. The molecule has 0 aromatic rings. The lowest BCUT2D eigenvalue weighted by Gasteiger charge is -2.30. The quantitative estimate of drug-likeness (QED) is 0.772. The first-order valence-electron chi connectivity index (χ1n) is 7.83. The molecule has 22 heavy (non-hydrogen) atoms. The largest absolute Gasteiger partial charge is 0.344 e. The Morgan fingerprint density at radius 2 is 1.64 bits per heavy atom. The van der Waals surface area contributed by atoms with Crippen LogP contribution in [0, 0.1) is 5.92 Å². The molecule has 2 amide bonds. The molecule has 2 aliphatic heterocycles. The fourth-order valence-corrected chi connectivity index (χ4v) is 3.93. The molecule has 2 rings (SSSR count). The Morgan fingerprint density at radius 1 is 1.09 bits per heavy atom. The number of carbonyl (C=O) groups excluding carboxylic acids is 2. The highest BCUT2D eigenvalue weighted by atomic mass is 32.2. The van der Waals surface area contributed by atoms with Crippen molar-refractivity contribution in [1.29, 1.82) is 0 Å². The second-order valence-electron chi connectivity index (χ2n) is 6.20. The Bertz CT molecular complexity index is 520. The van der Waals surface area contributed by atoms with Crippen molar-refractivity contribution in [3.05, 3.63) is 0 Å². The normalized spacial score (nSPS) is 22.5. The van der Waals surface area contributed by atoms with Crippen LogP contribution in [0.5, 0.6) is 0 Å². The number of rotatable bonds is 4. The fraction of sp³-hybridized carbons (Fsp3) is 0.857. The van der Waals surface area contributed by atoms with E-state index in [2.05, 4.69) is 5.32 Å². The van der Waals surface area contributed by atoms with Gasteiger partial charge in [0, 0.05) is 32.1 Å². The van der Waals surface area contributed by atoms with Gasteiger partial charge >= 0.3 is 0 Å². The van der Waals surface area contributed by atoms with E-state index in [4.69, 9.17) is 0 Å². The summed E-state index contributed by atoms with van der Waals surface area (Å²) in [6.45, 7) is 3.98. The molecule has 126 valence electrons. The van der Waals surface area contributed by atoms with Gasteiger partial charge in [0.25, 0.3) is 0 Å². The van der Waals surface area contributed by atoms with E-state index in [0.29, 0.717) is 25.9 Å². The summed E-state index contributed by atoms with van der Waals surface area (Å²) in [5.74, 6) is -0.389. The van der Waals surface area contributed by atoms with E-state index in [9.17, 15) is 18.0 Å². The zero-order chi connectivity index (χ0) is 16.3. The van der Waals surface area contributed by atoms with Crippen LogP contribution in [0.4, 0.5) is 0 Å². The van der Waals surface area contributed by atoms with Crippen molar-refractivity contribution < 1.29 is 18.0 Å². The lowest BCUT2D eigenvalue weighted by Crippen LogP contribution is -2.49. The van der Waals surface area contributed by atoms with Gasteiger partial charge in [0.1, 0.15) is 6.04 Å². The van der Waals surface area contributed by atoms with Gasteiger partial charge in [-0.3, -0.25) is 9.59 Å². The van der Waals surface area contributed by atoms with E-state index in [1.807, 2.05) is 0 Å². The third-order valence-electron chi connectivity index (χ3n) is 4.44. The average Bonchev–Trinajstić information content (AvgIpc) is 2.99. The minimum absolute atomic E-state index is 0.0283. The van der Waals surface area contributed by atoms with Crippen LogP contribution in [0.25, 0.3) is 0 Å². The SMILES string of the molecule is C[C@H](NC(=O)C1CCN(S(C)(=O)=O)CC1)C(=O)N1CCCC1. The van der Waals surface area contributed by atoms with Crippen molar-refractivity contribution in [2.75, 3.05) is 32.4 Å². The van der Waals surface area contributed by atoms with Crippen molar-refractivity contribution in [1.82, 2.24) is 14.5 Å². The number of sulfonamides is 1. The molecule has 0 saturated carbocycles. The molecule has 0 unspecified atom stereocenters. The predicted molar refractivity (Wildman–Crippen MR) is 82.6 cm³/mol. The minimum Gasteiger partial charge on any atom is -0.344 e. The summed E-state index contributed by atoms with van der Waals surface area (Å²) in [5.41, 5.74) is 0. The van der Waals surface area contributed by atoms with Gasteiger partial charge in [-0.25, -0.2) is 12.7 Å². The summed E-state index contributed by atoms with van der Waals surface area (Å²) >= 11 is 0. The van der Waals surface area contributed by atoms with Gasteiger partial charge in [-0.1, -0.05) is 0 Å². The van der Waals surface area contributed by atoms with Crippen molar-refractivity contribution >= 4 is 21.8 Å². The lowest BCUT2D eigenvalue weighted by atomic mass is 9.97. The third kappa shape index (κ3) is 4.19.